The molecule has 0 unspecified atom stereocenters. The lowest BCUT2D eigenvalue weighted by atomic mass is 10.4. The Labute approximate surface area is 116 Å². The summed E-state index contributed by atoms with van der Waals surface area (Å²) in [6.45, 7) is 3.73. The second-order valence-electron chi connectivity index (χ2n) is 4.64. The van der Waals surface area contributed by atoms with Crippen molar-refractivity contribution in [2.24, 2.45) is 0 Å². The minimum atomic E-state index is -0.201. The van der Waals surface area contributed by atoms with Crippen LogP contribution in [0.25, 0.3) is 0 Å². The Morgan fingerprint density at radius 1 is 1.42 bits per heavy atom. The minimum Gasteiger partial charge on any atom is -0.342 e. The number of carbonyl (C=O) groups excluding carboxylic acids is 2. The highest BCUT2D eigenvalue weighted by molar-refractivity contribution is 7.12. The van der Waals surface area contributed by atoms with Gasteiger partial charge in [-0.3, -0.25) is 15.0 Å². The van der Waals surface area contributed by atoms with Crippen LogP contribution in [0.2, 0.25) is 0 Å². The molecule has 2 amide bonds. The molecule has 1 aromatic rings. The van der Waals surface area contributed by atoms with E-state index in [1.165, 1.54) is 16.2 Å². The maximum atomic E-state index is 11.7. The highest BCUT2D eigenvalue weighted by Gasteiger charge is 2.18. The Morgan fingerprint density at radius 2 is 2.16 bits per heavy atom. The summed E-state index contributed by atoms with van der Waals surface area (Å²) in [4.78, 5) is 25.4. The van der Waals surface area contributed by atoms with Gasteiger partial charge in [-0.15, -0.1) is 11.3 Å². The molecule has 1 aliphatic rings. The van der Waals surface area contributed by atoms with Crippen molar-refractivity contribution in [3.8, 4) is 0 Å². The molecule has 1 aromatic heterocycles. The molecule has 0 aromatic carbocycles. The Bertz CT molecular complexity index is 427. The van der Waals surface area contributed by atoms with Crippen LogP contribution >= 0.6 is 11.3 Å². The van der Waals surface area contributed by atoms with Crippen molar-refractivity contribution >= 4 is 23.2 Å². The van der Waals surface area contributed by atoms with Crippen LogP contribution in [0.15, 0.2) is 17.5 Å². The molecule has 2 rings (SSSR count). The molecule has 0 aliphatic carbocycles. The predicted octanol–water partition coefficient (Wildman–Crippen LogP) is -1.66. The number of carbonyl (C=O) groups is 2. The molecule has 0 spiro atoms. The lowest BCUT2D eigenvalue weighted by molar-refractivity contribution is -0.884. The highest BCUT2D eigenvalue weighted by atomic mass is 32.1. The van der Waals surface area contributed by atoms with Crippen LogP contribution in [0.4, 0.5) is 0 Å². The van der Waals surface area contributed by atoms with Crippen molar-refractivity contribution in [2.45, 2.75) is 0 Å². The summed E-state index contributed by atoms with van der Waals surface area (Å²) in [5.74, 6) is -0.377. The van der Waals surface area contributed by atoms with Gasteiger partial charge in [0, 0.05) is 0 Å². The lowest BCUT2D eigenvalue weighted by Gasteiger charge is -2.30. The predicted molar refractivity (Wildman–Crippen MR) is 73.0 cm³/mol. The number of quaternary nitrogens is 1. The van der Waals surface area contributed by atoms with E-state index in [0.717, 1.165) is 26.2 Å². The normalized spacial score (nSPS) is 17.1. The van der Waals surface area contributed by atoms with Gasteiger partial charge in [0.2, 0.25) is 0 Å². The molecular formula is C12H19N4O2S+. The fraction of sp³-hybridized carbons (Fsp3) is 0.500. The van der Waals surface area contributed by atoms with Crippen LogP contribution in [-0.4, -0.2) is 56.6 Å². The van der Waals surface area contributed by atoms with Crippen molar-refractivity contribution in [3.05, 3.63) is 22.4 Å². The number of hydrazine groups is 1. The average molecular weight is 283 g/mol. The first-order valence-corrected chi connectivity index (χ1v) is 7.20. The zero-order chi connectivity index (χ0) is 13.7. The van der Waals surface area contributed by atoms with Crippen molar-refractivity contribution in [3.63, 3.8) is 0 Å². The number of rotatable bonds is 4. The van der Waals surface area contributed by atoms with Crippen LogP contribution in [-0.2, 0) is 4.79 Å². The number of amides is 2. The monoisotopic (exact) mass is 283 g/mol. The average Bonchev–Trinajstić information content (AvgIpc) is 2.93. The maximum absolute atomic E-state index is 11.7. The largest absolute Gasteiger partial charge is 0.342 e. The molecule has 0 radical (unpaired) electrons. The molecule has 104 valence electrons. The van der Waals surface area contributed by atoms with Gasteiger partial charge in [-0.1, -0.05) is 6.07 Å². The summed E-state index contributed by atoms with van der Waals surface area (Å²) in [6, 6.07) is 3.55. The second kappa shape index (κ2) is 6.65. The summed E-state index contributed by atoms with van der Waals surface area (Å²) < 4.78 is 0. The van der Waals surface area contributed by atoms with Gasteiger partial charge in [0.1, 0.15) is 0 Å². The van der Waals surface area contributed by atoms with E-state index >= 15 is 0 Å². The van der Waals surface area contributed by atoms with Crippen LogP contribution in [0.5, 0.6) is 0 Å². The van der Waals surface area contributed by atoms with Crippen LogP contribution in [0.1, 0.15) is 9.67 Å². The molecule has 19 heavy (non-hydrogen) atoms. The first kappa shape index (κ1) is 14.0. The van der Waals surface area contributed by atoms with Crippen molar-refractivity contribution in [2.75, 3.05) is 39.8 Å². The van der Waals surface area contributed by atoms with Gasteiger partial charge in [-0.05, 0) is 11.4 Å². The van der Waals surface area contributed by atoms with E-state index in [1.54, 1.807) is 6.07 Å². The number of hydrogen-bond donors (Lipinski definition) is 3. The van der Waals surface area contributed by atoms with E-state index < -0.39 is 0 Å². The van der Waals surface area contributed by atoms with Gasteiger partial charge in [-0.25, -0.2) is 5.01 Å². The molecular weight excluding hydrogens is 264 g/mol. The molecule has 1 fully saturated rings. The Kier molecular flexibility index (Phi) is 4.89. The molecule has 2 heterocycles. The number of nitrogens with one attached hydrogen (secondary N) is 3. The van der Waals surface area contributed by atoms with Gasteiger partial charge in [-0.2, -0.15) is 0 Å². The van der Waals surface area contributed by atoms with Crippen LogP contribution in [0, 0.1) is 0 Å². The van der Waals surface area contributed by atoms with Gasteiger partial charge >= 0.3 is 0 Å². The Balaban J connectivity index is 1.69. The highest BCUT2D eigenvalue weighted by Crippen LogP contribution is 2.07. The van der Waals surface area contributed by atoms with E-state index in [4.69, 9.17) is 0 Å². The summed E-state index contributed by atoms with van der Waals surface area (Å²) in [6.07, 6.45) is 0. The molecule has 0 saturated carbocycles. The third-order valence-corrected chi connectivity index (χ3v) is 3.92. The second-order valence-corrected chi connectivity index (χ2v) is 5.59. The fourth-order valence-corrected chi connectivity index (χ4v) is 2.51. The number of thiophene rings is 1. The summed E-state index contributed by atoms with van der Waals surface area (Å²) >= 11 is 1.36. The quantitative estimate of drug-likeness (QED) is 0.620. The van der Waals surface area contributed by atoms with Crippen molar-refractivity contribution in [1.29, 1.82) is 0 Å². The molecule has 0 atom stereocenters. The van der Waals surface area contributed by atoms with E-state index in [1.807, 2.05) is 16.5 Å². The molecule has 1 aliphatic heterocycles. The van der Waals surface area contributed by atoms with Gasteiger partial charge in [0.05, 0.1) is 44.6 Å². The standard InChI is InChI=1S/C12H18N4O2S/c1-15-4-6-16(7-5-15)14-11(17)9-13-12(18)10-3-2-8-19-10/h2-3,8H,4-7,9H2,1H3,(H,13,18)(H,14,17)/p+1. The topological polar surface area (TPSA) is 65.9 Å². The van der Waals surface area contributed by atoms with Crippen LogP contribution < -0.4 is 15.6 Å². The van der Waals surface area contributed by atoms with Gasteiger partial charge < -0.3 is 10.2 Å². The number of piperazine rings is 1. The first-order chi connectivity index (χ1) is 9.15. The fourth-order valence-electron chi connectivity index (χ4n) is 1.87. The van der Waals surface area contributed by atoms with E-state index in [9.17, 15) is 9.59 Å². The maximum Gasteiger partial charge on any atom is 0.261 e. The zero-order valence-electron chi connectivity index (χ0n) is 10.9. The molecule has 1 saturated heterocycles. The first-order valence-electron chi connectivity index (χ1n) is 6.32. The van der Waals surface area contributed by atoms with Crippen molar-refractivity contribution < 1.29 is 14.5 Å². The molecule has 3 N–H and O–H groups in total. The Morgan fingerprint density at radius 3 is 2.79 bits per heavy atom. The van der Waals surface area contributed by atoms with E-state index in [2.05, 4.69) is 17.8 Å². The van der Waals surface area contributed by atoms with Gasteiger partial charge in [0.15, 0.2) is 0 Å². The van der Waals surface area contributed by atoms with Crippen molar-refractivity contribution in [1.82, 2.24) is 15.8 Å². The van der Waals surface area contributed by atoms with Gasteiger partial charge in [0.25, 0.3) is 11.8 Å². The summed E-state index contributed by atoms with van der Waals surface area (Å²) in [7, 11) is 2.14. The van der Waals surface area contributed by atoms with E-state index in [-0.39, 0.29) is 18.4 Å². The number of hydrogen-bond acceptors (Lipinski definition) is 4. The van der Waals surface area contributed by atoms with Crippen LogP contribution in [0.3, 0.4) is 0 Å². The van der Waals surface area contributed by atoms with E-state index in [0.29, 0.717) is 4.88 Å². The third kappa shape index (κ3) is 4.30. The lowest BCUT2D eigenvalue weighted by Crippen LogP contribution is -3.12. The molecule has 7 heteroatoms. The number of nitrogens with zero attached hydrogens (tertiary/aromatic N) is 1. The summed E-state index contributed by atoms with van der Waals surface area (Å²) in [5.41, 5.74) is 2.81. The molecule has 6 nitrogen and oxygen atoms in total. The number of likely N-dealkylation sites (N-methyl/N-ethyl adjacent to an activating group) is 1. The Hall–Kier alpha value is -1.44. The molecule has 0 bridgehead atoms. The SMILES string of the molecule is C[NH+]1CCN(NC(=O)CNC(=O)c2cccs2)CC1. The minimum absolute atomic E-state index is 0.00985. The third-order valence-electron chi connectivity index (χ3n) is 3.05. The summed E-state index contributed by atoms with van der Waals surface area (Å²) in [5, 5.41) is 6.35. The smallest absolute Gasteiger partial charge is 0.261 e. The zero-order valence-corrected chi connectivity index (χ0v) is 11.8.